The average molecular weight is 326 g/mol. The summed E-state index contributed by atoms with van der Waals surface area (Å²) in [5, 5.41) is 3.64. The molecule has 1 amide bonds. The highest BCUT2D eigenvalue weighted by molar-refractivity contribution is 6.31. The number of nitrogens with one attached hydrogen (secondary N) is 2. The van der Waals surface area contributed by atoms with Gasteiger partial charge in [-0.15, -0.1) is 0 Å². The molecule has 5 heteroatoms. The number of nitrogens with zero attached hydrogens (tertiary/aromatic N) is 1. The number of fused-ring (bicyclic) bond motifs is 2. The molecule has 0 saturated heterocycles. The van der Waals surface area contributed by atoms with Crippen LogP contribution in [-0.2, 0) is 10.2 Å². The van der Waals surface area contributed by atoms with E-state index < -0.39 is 0 Å². The first-order valence-electron chi connectivity index (χ1n) is 7.52. The Balaban J connectivity index is 1.83. The van der Waals surface area contributed by atoms with Crippen molar-refractivity contribution in [3.63, 3.8) is 0 Å². The Kier molecular flexibility index (Phi) is 3.00. The van der Waals surface area contributed by atoms with Gasteiger partial charge in [0.25, 0.3) is 0 Å². The molecule has 116 valence electrons. The fourth-order valence-corrected chi connectivity index (χ4v) is 3.37. The van der Waals surface area contributed by atoms with Crippen molar-refractivity contribution in [1.82, 2.24) is 9.97 Å². The number of aromatic nitrogens is 2. The van der Waals surface area contributed by atoms with Crippen LogP contribution in [0.25, 0.3) is 22.4 Å². The standard InChI is InChI=1S/C18H16ClN3O/c1-18(2)9-16(23)20-14-7-10(3-5-12(14)18)17-21-13-6-4-11(19)8-15(13)22-17/h3-8H,9H2,1-2H3,(H,20,23)(H,21,22). The van der Waals surface area contributed by atoms with Gasteiger partial charge in [-0.3, -0.25) is 4.79 Å². The number of anilines is 1. The number of halogens is 1. The molecular weight excluding hydrogens is 310 g/mol. The number of imidazole rings is 1. The van der Waals surface area contributed by atoms with Gasteiger partial charge in [-0.1, -0.05) is 37.6 Å². The molecule has 1 aliphatic heterocycles. The van der Waals surface area contributed by atoms with E-state index in [1.807, 2.05) is 30.3 Å². The Labute approximate surface area is 138 Å². The lowest BCUT2D eigenvalue weighted by Gasteiger charge is -2.32. The number of amides is 1. The van der Waals surface area contributed by atoms with Gasteiger partial charge >= 0.3 is 0 Å². The number of hydrogen-bond donors (Lipinski definition) is 2. The van der Waals surface area contributed by atoms with Crippen LogP contribution in [0.15, 0.2) is 36.4 Å². The Morgan fingerprint density at radius 2 is 2.00 bits per heavy atom. The summed E-state index contributed by atoms with van der Waals surface area (Å²) < 4.78 is 0. The van der Waals surface area contributed by atoms with Crippen molar-refractivity contribution in [2.45, 2.75) is 25.7 Å². The van der Waals surface area contributed by atoms with Gasteiger partial charge in [0.05, 0.1) is 11.0 Å². The van der Waals surface area contributed by atoms with Gasteiger partial charge < -0.3 is 10.3 Å². The van der Waals surface area contributed by atoms with Crippen molar-refractivity contribution in [3.05, 3.63) is 47.0 Å². The summed E-state index contributed by atoms with van der Waals surface area (Å²) in [6.45, 7) is 4.18. The van der Waals surface area contributed by atoms with Crippen LogP contribution in [0.2, 0.25) is 5.02 Å². The zero-order valence-electron chi connectivity index (χ0n) is 12.9. The molecule has 0 bridgehead atoms. The Hall–Kier alpha value is -2.33. The molecule has 4 nitrogen and oxygen atoms in total. The van der Waals surface area contributed by atoms with E-state index in [9.17, 15) is 4.79 Å². The third-order valence-electron chi connectivity index (χ3n) is 4.34. The zero-order valence-corrected chi connectivity index (χ0v) is 13.7. The fourth-order valence-electron chi connectivity index (χ4n) is 3.19. The molecule has 0 fully saturated rings. The first-order valence-corrected chi connectivity index (χ1v) is 7.90. The van der Waals surface area contributed by atoms with Gasteiger partial charge in [-0.25, -0.2) is 4.98 Å². The van der Waals surface area contributed by atoms with Crippen LogP contribution in [-0.4, -0.2) is 15.9 Å². The number of carbonyl (C=O) groups excluding carboxylic acids is 1. The maximum Gasteiger partial charge on any atom is 0.225 e. The number of benzene rings is 2. The molecule has 0 atom stereocenters. The first-order chi connectivity index (χ1) is 10.9. The monoisotopic (exact) mass is 325 g/mol. The Bertz CT molecular complexity index is 943. The lowest BCUT2D eigenvalue weighted by atomic mass is 9.77. The average Bonchev–Trinajstić information content (AvgIpc) is 2.88. The SMILES string of the molecule is CC1(C)CC(=O)Nc2cc(-c3nc4ccc(Cl)cc4[nH]3)ccc21. The van der Waals surface area contributed by atoms with Crippen molar-refractivity contribution in [2.75, 3.05) is 5.32 Å². The first kappa shape index (κ1) is 14.3. The Morgan fingerprint density at radius 3 is 2.83 bits per heavy atom. The maximum atomic E-state index is 11.9. The second-order valence-electron chi connectivity index (χ2n) is 6.62. The molecule has 4 rings (SSSR count). The summed E-state index contributed by atoms with van der Waals surface area (Å²) in [4.78, 5) is 19.8. The van der Waals surface area contributed by atoms with E-state index in [0.29, 0.717) is 11.4 Å². The normalized spacial score (nSPS) is 16.2. The molecular formula is C18H16ClN3O. The number of aromatic amines is 1. The fraction of sp³-hybridized carbons (Fsp3) is 0.222. The molecule has 0 radical (unpaired) electrons. The number of carbonyl (C=O) groups is 1. The van der Waals surface area contributed by atoms with E-state index in [1.165, 1.54) is 0 Å². The number of rotatable bonds is 1. The predicted octanol–water partition coefficient (Wildman–Crippen LogP) is 4.50. The summed E-state index contributed by atoms with van der Waals surface area (Å²) in [7, 11) is 0. The van der Waals surface area contributed by atoms with Crippen LogP contribution in [0.4, 0.5) is 5.69 Å². The van der Waals surface area contributed by atoms with E-state index in [1.54, 1.807) is 0 Å². The van der Waals surface area contributed by atoms with Crippen LogP contribution in [0, 0.1) is 0 Å². The second-order valence-corrected chi connectivity index (χ2v) is 7.05. The molecule has 1 aliphatic rings. The van der Waals surface area contributed by atoms with Gasteiger partial charge in [-0.05, 0) is 29.8 Å². The highest BCUT2D eigenvalue weighted by Gasteiger charge is 2.31. The van der Waals surface area contributed by atoms with Crippen molar-refractivity contribution in [3.8, 4) is 11.4 Å². The molecule has 0 aliphatic carbocycles. The van der Waals surface area contributed by atoms with Crippen molar-refractivity contribution in [1.29, 1.82) is 0 Å². The molecule has 2 aromatic carbocycles. The van der Waals surface area contributed by atoms with Crippen molar-refractivity contribution in [2.24, 2.45) is 0 Å². The molecule has 1 aromatic heterocycles. The molecule has 0 saturated carbocycles. The van der Waals surface area contributed by atoms with Crippen LogP contribution in [0.5, 0.6) is 0 Å². The molecule has 2 heterocycles. The van der Waals surface area contributed by atoms with Crippen LogP contribution >= 0.6 is 11.6 Å². The summed E-state index contributed by atoms with van der Waals surface area (Å²) in [5.41, 5.74) is 4.56. The van der Waals surface area contributed by atoms with Crippen LogP contribution in [0.3, 0.4) is 0 Å². The third kappa shape index (κ3) is 2.39. The highest BCUT2D eigenvalue weighted by atomic mass is 35.5. The molecule has 0 spiro atoms. The van der Waals surface area contributed by atoms with Gasteiger partial charge in [0.2, 0.25) is 5.91 Å². The summed E-state index contributed by atoms with van der Waals surface area (Å²) in [6.07, 6.45) is 0.502. The summed E-state index contributed by atoms with van der Waals surface area (Å²) in [6, 6.07) is 11.7. The summed E-state index contributed by atoms with van der Waals surface area (Å²) >= 11 is 6.02. The maximum absolute atomic E-state index is 11.9. The number of hydrogen-bond acceptors (Lipinski definition) is 2. The van der Waals surface area contributed by atoms with E-state index >= 15 is 0 Å². The van der Waals surface area contributed by atoms with Gasteiger partial charge in [0, 0.05) is 28.1 Å². The lowest BCUT2D eigenvalue weighted by molar-refractivity contribution is -0.117. The van der Waals surface area contributed by atoms with E-state index in [4.69, 9.17) is 11.6 Å². The zero-order chi connectivity index (χ0) is 16.2. The number of H-pyrrole nitrogens is 1. The topological polar surface area (TPSA) is 57.8 Å². The van der Waals surface area contributed by atoms with Crippen LogP contribution in [0.1, 0.15) is 25.8 Å². The summed E-state index contributed by atoms with van der Waals surface area (Å²) in [5.74, 6) is 0.818. The van der Waals surface area contributed by atoms with Crippen molar-refractivity contribution >= 4 is 34.2 Å². The lowest BCUT2D eigenvalue weighted by Crippen LogP contribution is -2.32. The minimum Gasteiger partial charge on any atom is -0.338 e. The van der Waals surface area contributed by atoms with Crippen molar-refractivity contribution < 1.29 is 4.79 Å². The second kappa shape index (κ2) is 4.83. The third-order valence-corrected chi connectivity index (χ3v) is 4.58. The molecule has 23 heavy (non-hydrogen) atoms. The minimum atomic E-state index is -0.155. The van der Waals surface area contributed by atoms with E-state index in [-0.39, 0.29) is 11.3 Å². The van der Waals surface area contributed by atoms with Gasteiger partial charge in [-0.2, -0.15) is 0 Å². The Morgan fingerprint density at radius 1 is 1.17 bits per heavy atom. The smallest absolute Gasteiger partial charge is 0.225 e. The van der Waals surface area contributed by atoms with Crippen LogP contribution < -0.4 is 5.32 Å². The molecule has 0 unspecified atom stereocenters. The quantitative estimate of drug-likeness (QED) is 0.692. The molecule has 3 aromatic rings. The van der Waals surface area contributed by atoms with Gasteiger partial charge in [0.1, 0.15) is 5.82 Å². The molecule has 2 N–H and O–H groups in total. The largest absolute Gasteiger partial charge is 0.338 e. The van der Waals surface area contributed by atoms with Gasteiger partial charge in [0.15, 0.2) is 0 Å². The van der Waals surface area contributed by atoms with E-state index in [0.717, 1.165) is 33.7 Å². The minimum absolute atomic E-state index is 0.0519. The highest BCUT2D eigenvalue weighted by Crippen LogP contribution is 2.39. The predicted molar refractivity (Wildman–Crippen MR) is 92.8 cm³/mol. The van der Waals surface area contributed by atoms with E-state index in [2.05, 4.69) is 35.2 Å².